The standard InChI is InChI=1S/C10H11F5/c11-9(12)6-5-7-3-1-2-4-8(7)10(13,14)15/h3-4,9H,1-2,5-6H2. The van der Waals surface area contributed by atoms with E-state index in [-0.39, 0.29) is 12.0 Å². The maximum absolute atomic E-state index is 12.4. The predicted octanol–water partition coefficient (Wildman–Crippen LogP) is 4.24. The zero-order valence-corrected chi connectivity index (χ0v) is 7.95. The van der Waals surface area contributed by atoms with Crippen LogP contribution in [0.2, 0.25) is 0 Å². The van der Waals surface area contributed by atoms with Crippen LogP contribution in [0.15, 0.2) is 23.3 Å². The molecule has 0 aliphatic heterocycles. The maximum atomic E-state index is 12.4. The maximum Gasteiger partial charge on any atom is 0.416 e. The quantitative estimate of drug-likeness (QED) is 0.631. The molecular formula is C10H11F5. The fraction of sp³-hybridized carbons (Fsp3) is 0.600. The average Bonchev–Trinajstić information content (AvgIpc) is 2.13. The van der Waals surface area contributed by atoms with E-state index in [1.165, 1.54) is 6.08 Å². The van der Waals surface area contributed by atoms with E-state index in [9.17, 15) is 22.0 Å². The molecule has 0 amide bonds. The molecule has 0 atom stereocenters. The summed E-state index contributed by atoms with van der Waals surface area (Å²) >= 11 is 0. The van der Waals surface area contributed by atoms with E-state index in [1.807, 2.05) is 0 Å². The molecular weight excluding hydrogens is 215 g/mol. The first-order chi connectivity index (χ1) is 6.91. The Hall–Kier alpha value is -0.870. The van der Waals surface area contributed by atoms with Crippen molar-refractivity contribution in [1.82, 2.24) is 0 Å². The molecule has 0 spiro atoms. The highest BCUT2D eigenvalue weighted by molar-refractivity contribution is 5.37. The largest absolute Gasteiger partial charge is 0.416 e. The van der Waals surface area contributed by atoms with Gasteiger partial charge in [0.15, 0.2) is 0 Å². The van der Waals surface area contributed by atoms with Gasteiger partial charge in [-0.2, -0.15) is 13.2 Å². The van der Waals surface area contributed by atoms with Gasteiger partial charge in [0.1, 0.15) is 0 Å². The van der Waals surface area contributed by atoms with Crippen LogP contribution in [0.25, 0.3) is 0 Å². The summed E-state index contributed by atoms with van der Waals surface area (Å²) in [4.78, 5) is 0. The van der Waals surface area contributed by atoms with Crippen LogP contribution in [-0.2, 0) is 0 Å². The second-order valence-electron chi connectivity index (χ2n) is 3.35. The second-order valence-corrected chi connectivity index (χ2v) is 3.35. The number of allylic oxidation sites excluding steroid dienone is 4. The van der Waals surface area contributed by atoms with E-state index in [4.69, 9.17) is 0 Å². The molecule has 15 heavy (non-hydrogen) atoms. The van der Waals surface area contributed by atoms with Gasteiger partial charge < -0.3 is 0 Å². The van der Waals surface area contributed by atoms with Crippen LogP contribution >= 0.6 is 0 Å². The zero-order chi connectivity index (χ0) is 11.5. The molecule has 0 radical (unpaired) electrons. The minimum atomic E-state index is -4.42. The molecule has 0 saturated heterocycles. The Morgan fingerprint density at radius 1 is 1.13 bits per heavy atom. The van der Waals surface area contributed by atoms with Gasteiger partial charge in [0.2, 0.25) is 6.43 Å². The summed E-state index contributed by atoms with van der Waals surface area (Å²) in [6.07, 6.45) is -4.38. The van der Waals surface area contributed by atoms with Crippen LogP contribution in [0, 0.1) is 0 Å². The summed E-state index contributed by atoms with van der Waals surface area (Å²) in [7, 11) is 0. The van der Waals surface area contributed by atoms with Gasteiger partial charge in [-0.25, -0.2) is 8.78 Å². The highest BCUT2D eigenvalue weighted by Gasteiger charge is 2.36. The SMILES string of the molecule is FC(F)CCC1=CCCC=C1C(F)(F)F. The lowest BCUT2D eigenvalue weighted by Gasteiger charge is -2.18. The van der Waals surface area contributed by atoms with Crippen LogP contribution in [0.3, 0.4) is 0 Å². The Bertz CT molecular complexity index is 272. The monoisotopic (exact) mass is 226 g/mol. The molecule has 0 heterocycles. The summed E-state index contributed by atoms with van der Waals surface area (Å²) < 4.78 is 61.0. The first-order valence-electron chi connectivity index (χ1n) is 4.66. The first-order valence-corrected chi connectivity index (χ1v) is 4.66. The predicted molar refractivity (Wildman–Crippen MR) is 46.7 cm³/mol. The van der Waals surface area contributed by atoms with E-state index in [1.54, 1.807) is 0 Å². The molecule has 0 aromatic carbocycles. The average molecular weight is 226 g/mol. The van der Waals surface area contributed by atoms with E-state index in [0.29, 0.717) is 12.8 Å². The van der Waals surface area contributed by atoms with E-state index in [0.717, 1.165) is 6.08 Å². The first kappa shape index (κ1) is 12.2. The van der Waals surface area contributed by atoms with E-state index in [2.05, 4.69) is 0 Å². The fourth-order valence-electron chi connectivity index (χ4n) is 1.53. The molecule has 86 valence electrons. The van der Waals surface area contributed by atoms with Gasteiger partial charge in [-0.1, -0.05) is 12.2 Å². The van der Waals surface area contributed by atoms with Gasteiger partial charge in [-0.05, 0) is 24.8 Å². The third-order valence-corrected chi connectivity index (χ3v) is 2.19. The summed E-state index contributed by atoms with van der Waals surface area (Å²) in [5, 5.41) is 0. The molecule has 0 unspecified atom stereocenters. The lowest BCUT2D eigenvalue weighted by Crippen LogP contribution is -2.16. The molecule has 0 fully saturated rings. The Morgan fingerprint density at radius 3 is 2.27 bits per heavy atom. The van der Waals surface area contributed by atoms with Crippen molar-refractivity contribution in [2.45, 2.75) is 38.3 Å². The van der Waals surface area contributed by atoms with Gasteiger partial charge in [0.25, 0.3) is 0 Å². The van der Waals surface area contributed by atoms with E-state index >= 15 is 0 Å². The van der Waals surface area contributed by atoms with Crippen LogP contribution in [0.1, 0.15) is 25.7 Å². The third-order valence-electron chi connectivity index (χ3n) is 2.19. The third kappa shape index (κ3) is 3.64. The second kappa shape index (κ2) is 4.77. The molecule has 5 heteroatoms. The van der Waals surface area contributed by atoms with Crippen molar-refractivity contribution < 1.29 is 22.0 Å². The van der Waals surface area contributed by atoms with Crippen molar-refractivity contribution >= 4 is 0 Å². The molecule has 0 saturated carbocycles. The van der Waals surface area contributed by atoms with Gasteiger partial charge in [-0.3, -0.25) is 0 Å². The lowest BCUT2D eigenvalue weighted by molar-refractivity contribution is -0.0902. The Kier molecular flexibility index (Phi) is 3.88. The van der Waals surface area contributed by atoms with Crippen LogP contribution < -0.4 is 0 Å². The molecule has 0 aromatic rings. The Morgan fingerprint density at radius 2 is 1.73 bits per heavy atom. The van der Waals surface area contributed by atoms with Crippen LogP contribution in [0.5, 0.6) is 0 Å². The molecule has 0 N–H and O–H groups in total. The number of hydrogen-bond acceptors (Lipinski definition) is 0. The topological polar surface area (TPSA) is 0 Å². The summed E-state index contributed by atoms with van der Waals surface area (Å²) in [5.41, 5.74) is -0.733. The van der Waals surface area contributed by atoms with Crippen molar-refractivity contribution in [3.05, 3.63) is 23.3 Å². The van der Waals surface area contributed by atoms with Crippen molar-refractivity contribution in [2.24, 2.45) is 0 Å². The normalized spacial score (nSPS) is 17.7. The highest BCUT2D eigenvalue weighted by Crippen LogP contribution is 2.36. The van der Waals surface area contributed by atoms with Crippen LogP contribution in [0.4, 0.5) is 22.0 Å². The van der Waals surface area contributed by atoms with Gasteiger partial charge in [0.05, 0.1) is 5.57 Å². The van der Waals surface area contributed by atoms with Crippen molar-refractivity contribution in [3.8, 4) is 0 Å². The van der Waals surface area contributed by atoms with Crippen LogP contribution in [-0.4, -0.2) is 12.6 Å². The van der Waals surface area contributed by atoms with Gasteiger partial charge >= 0.3 is 6.18 Å². The highest BCUT2D eigenvalue weighted by atomic mass is 19.4. The smallest absolute Gasteiger partial charge is 0.211 e. The number of rotatable bonds is 3. The fourth-order valence-corrected chi connectivity index (χ4v) is 1.53. The summed E-state index contributed by atoms with van der Waals surface area (Å²) in [5.74, 6) is 0. The Balaban J connectivity index is 2.69. The number of alkyl halides is 5. The van der Waals surface area contributed by atoms with Crippen molar-refractivity contribution in [1.29, 1.82) is 0 Å². The molecule has 0 nitrogen and oxygen atoms in total. The lowest BCUT2D eigenvalue weighted by atomic mass is 9.94. The molecule has 0 bridgehead atoms. The number of halogens is 5. The summed E-state index contributed by atoms with van der Waals surface area (Å²) in [6.45, 7) is 0. The van der Waals surface area contributed by atoms with Gasteiger partial charge in [-0.15, -0.1) is 0 Å². The number of hydrogen-bond donors (Lipinski definition) is 0. The molecule has 1 aliphatic carbocycles. The Labute approximate surface area is 84.5 Å². The zero-order valence-electron chi connectivity index (χ0n) is 7.95. The molecule has 0 aromatic heterocycles. The molecule has 1 rings (SSSR count). The van der Waals surface area contributed by atoms with E-state index < -0.39 is 24.6 Å². The van der Waals surface area contributed by atoms with Crippen molar-refractivity contribution in [2.75, 3.05) is 0 Å². The minimum absolute atomic E-state index is 0.00838. The molecule has 1 aliphatic rings. The summed E-state index contributed by atoms with van der Waals surface area (Å²) in [6, 6.07) is 0. The van der Waals surface area contributed by atoms with Crippen molar-refractivity contribution in [3.63, 3.8) is 0 Å². The van der Waals surface area contributed by atoms with Gasteiger partial charge in [0, 0.05) is 6.42 Å². The minimum Gasteiger partial charge on any atom is -0.211 e.